The number of carbonyl (C=O) groups excluding carboxylic acids is 1. The van der Waals surface area contributed by atoms with Gasteiger partial charge in [0.1, 0.15) is 12.4 Å². The Bertz CT molecular complexity index is 1280. The number of sulfonamides is 1. The maximum absolute atomic E-state index is 12.8. The second kappa shape index (κ2) is 10.8. The van der Waals surface area contributed by atoms with E-state index in [1.54, 1.807) is 19.9 Å². The van der Waals surface area contributed by atoms with Gasteiger partial charge in [-0.2, -0.15) is 0 Å². The first-order chi connectivity index (χ1) is 16.1. The fourth-order valence-electron chi connectivity index (χ4n) is 3.60. The quantitative estimate of drug-likeness (QED) is 0.444. The van der Waals surface area contributed by atoms with E-state index in [-0.39, 0.29) is 17.0 Å². The third kappa shape index (κ3) is 6.04. The van der Waals surface area contributed by atoms with Crippen LogP contribution >= 0.6 is 0 Å². The lowest BCUT2D eigenvalue weighted by atomic mass is 10.0. The number of hydrogen-bond acceptors (Lipinski definition) is 5. The second-order valence-corrected chi connectivity index (χ2v) is 10.1. The Balaban J connectivity index is 1.59. The van der Waals surface area contributed by atoms with Gasteiger partial charge >= 0.3 is 5.97 Å². The number of esters is 1. The SMILES string of the molecule is COC(=O)c1cc(S(=O)(=O)NCCc2ccc(OCc3cccc(C)c3C)cc2)cc(C)c1C. The van der Waals surface area contributed by atoms with Crippen molar-refractivity contribution in [1.82, 2.24) is 4.72 Å². The van der Waals surface area contributed by atoms with Crippen molar-refractivity contribution >= 4 is 16.0 Å². The summed E-state index contributed by atoms with van der Waals surface area (Å²) in [5.41, 5.74) is 6.26. The highest BCUT2D eigenvalue weighted by Crippen LogP contribution is 2.21. The number of benzene rings is 3. The second-order valence-electron chi connectivity index (χ2n) is 8.34. The van der Waals surface area contributed by atoms with Crippen molar-refractivity contribution in [3.63, 3.8) is 0 Å². The summed E-state index contributed by atoms with van der Waals surface area (Å²) in [7, 11) is -2.50. The number of aryl methyl sites for hydroxylation is 2. The van der Waals surface area contributed by atoms with Crippen LogP contribution in [0.1, 0.15) is 43.7 Å². The first-order valence-electron chi connectivity index (χ1n) is 11.1. The molecule has 0 unspecified atom stereocenters. The molecule has 0 heterocycles. The van der Waals surface area contributed by atoms with Crippen molar-refractivity contribution in [3.8, 4) is 5.75 Å². The average Bonchev–Trinajstić information content (AvgIpc) is 2.82. The van der Waals surface area contributed by atoms with Crippen LogP contribution in [0, 0.1) is 27.7 Å². The average molecular weight is 482 g/mol. The summed E-state index contributed by atoms with van der Waals surface area (Å²) in [5.74, 6) is 0.202. The lowest BCUT2D eigenvalue weighted by Gasteiger charge is -2.13. The molecule has 0 aromatic heterocycles. The number of rotatable bonds is 9. The molecule has 3 aromatic rings. The topological polar surface area (TPSA) is 81.7 Å². The number of methoxy groups -OCH3 is 1. The zero-order valence-corrected chi connectivity index (χ0v) is 21.1. The summed E-state index contributed by atoms with van der Waals surface area (Å²) < 4.78 is 38.9. The summed E-state index contributed by atoms with van der Waals surface area (Å²) in [5, 5.41) is 0. The zero-order valence-electron chi connectivity index (χ0n) is 20.3. The van der Waals surface area contributed by atoms with Crippen LogP contribution in [0.5, 0.6) is 5.75 Å². The van der Waals surface area contributed by atoms with Crippen molar-refractivity contribution in [2.24, 2.45) is 0 Å². The highest BCUT2D eigenvalue weighted by Gasteiger charge is 2.20. The summed E-state index contributed by atoms with van der Waals surface area (Å²) in [4.78, 5) is 12.1. The fourth-order valence-corrected chi connectivity index (χ4v) is 4.74. The minimum atomic E-state index is -3.77. The monoisotopic (exact) mass is 481 g/mol. The lowest BCUT2D eigenvalue weighted by molar-refractivity contribution is 0.0599. The van der Waals surface area contributed by atoms with Crippen LogP contribution in [-0.2, 0) is 27.8 Å². The van der Waals surface area contributed by atoms with Gasteiger partial charge in [-0.05, 0) is 91.8 Å². The van der Waals surface area contributed by atoms with Crippen LogP contribution in [0.2, 0.25) is 0 Å². The molecule has 0 aliphatic heterocycles. The molecule has 0 saturated carbocycles. The molecule has 0 radical (unpaired) electrons. The van der Waals surface area contributed by atoms with Gasteiger partial charge in [-0.1, -0.05) is 30.3 Å². The molecule has 3 rings (SSSR count). The largest absolute Gasteiger partial charge is 0.489 e. The summed E-state index contributed by atoms with van der Waals surface area (Å²) in [6.07, 6.45) is 0.519. The van der Waals surface area contributed by atoms with E-state index < -0.39 is 16.0 Å². The first-order valence-corrected chi connectivity index (χ1v) is 12.6. The minimum absolute atomic E-state index is 0.0474. The number of nitrogens with one attached hydrogen (secondary N) is 1. The molecule has 1 N–H and O–H groups in total. The van der Waals surface area contributed by atoms with Crippen LogP contribution in [0.15, 0.2) is 59.5 Å². The number of carbonyl (C=O) groups is 1. The lowest BCUT2D eigenvalue weighted by Crippen LogP contribution is -2.26. The first kappa shape index (κ1) is 25.5. The summed E-state index contributed by atoms with van der Waals surface area (Å²) in [6.45, 7) is 8.43. The van der Waals surface area contributed by atoms with Crippen molar-refractivity contribution in [2.75, 3.05) is 13.7 Å². The maximum atomic E-state index is 12.8. The van der Waals surface area contributed by atoms with E-state index in [4.69, 9.17) is 9.47 Å². The smallest absolute Gasteiger partial charge is 0.338 e. The Labute approximate surface area is 202 Å². The third-order valence-electron chi connectivity index (χ3n) is 6.10. The Hall–Kier alpha value is -3.16. The van der Waals surface area contributed by atoms with Gasteiger partial charge in [0.2, 0.25) is 10.0 Å². The molecule has 0 saturated heterocycles. The van der Waals surface area contributed by atoms with Gasteiger partial charge in [-0.25, -0.2) is 17.9 Å². The zero-order chi connectivity index (χ0) is 24.9. The Morgan fingerprint density at radius 3 is 2.29 bits per heavy atom. The highest BCUT2D eigenvalue weighted by molar-refractivity contribution is 7.89. The molecule has 0 amide bonds. The van der Waals surface area contributed by atoms with Crippen molar-refractivity contribution in [1.29, 1.82) is 0 Å². The van der Waals surface area contributed by atoms with E-state index in [0.717, 1.165) is 16.9 Å². The molecule has 0 fully saturated rings. The van der Waals surface area contributed by atoms with Crippen LogP contribution in [-0.4, -0.2) is 28.0 Å². The molecule has 34 heavy (non-hydrogen) atoms. The predicted octanol–water partition coefficient (Wildman–Crippen LogP) is 4.81. The molecule has 180 valence electrons. The minimum Gasteiger partial charge on any atom is -0.489 e. The Kier molecular flexibility index (Phi) is 8.12. The fraction of sp³-hybridized carbons (Fsp3) is 0.296. The van der Waals surface area contributed by atoms with Crippen LogP contribution in [0.3, 0.4) is 0 Å². The van der Waals surface area contributed by atoms with E-state index in [2.05, 4.69) is 30.7 Å². The Morgan fingerprint density at radius 2 is 1.62 bits per heavy atom. The van der Waals surface area contributed by atoms with E-state index >= 15 is 0 Å². The standard InChI is InChI=1S/C27H31NO5S/c1-18-7-6-8-23(20(18)3)17-33-24-11-9-22(10-12-24)13-14-28-34(30,31)25-15-19(2)21(4)26(16-25)27(29)32-5/h6-12,15-16,28H,13-14,17H2,1-5H3. The van der Waals surface area contributed by atoms with E-state index in [1.165, 1.54) is 24.3 Å². The third-order valence-corrected chi connectivity index (χ3v) is 7.54. The highest BCUT2D eigenvalue weighted by atomic mass is 32.2. The van der Waals surface area contributed by atoms with Crippen LogP contribution < -0.4 is 9.46 Å². The van der Waals surface area contributed by atoms with Gasteiger partial charge in [0.05, 0.1) is 17.6 Å². The summed E-state index contributed by atoms with van der Waals surface area (Å²) >= 11 is 0. The van der Waals surface area contributed by atoms with Gasteiger partial charge in [-0.15, -0.1) is 0 Å². The molecule has 0 aliphatic carbocycles. The number of hydrogen-bond donors (Lipinski definition) is 1. The molecular weight excluding hydrogens is 450 g/mol. The summed E-state index contributed by atoms with van der Waals surface area (Å²) in [6, 6.07) is 16.7. The molecule has 7 heteroatoms. The molecule has 0 spiro atoms. The molecule has 0 aliphatic rings. The van der Waals surface area contributed by atoms with E-state index in [1.807, 2.05) is 30.3 Å². The van der Waals surface area contributed by atoms with Gasteiger partial charge in [0, 0.05) is 6.54 Å². The van der Waals surface area contributed by atoms with E-state index in [9.17, 15) is 13.2 Å². The van der Waals surface area contributed by atoms with Gasteiger partial charge in [0.25, 0.3) is 0 Å². The number of ether oxygens (including phenoxy) is 2. The maximum Gasteiger partial charge on any atom is 0.338 e. The molecule has 6 nitrogen and oxygen atoms in total. The molecule has 3 aromatic carbocycles. The normalized spacial score (nSPS) is 11.3. The van der Waals surface area contributed by atoms with Crippen LogP contribution in [0.25, 0.3) is 0 Å². The van der Waals surface area contributed by atoms with Gasteiger partial charge in [-0.3, -0.25) is 0 Å². The molecule has 0 bridgehead atoms. The molecular formula is C27H31NO5S. The van der Waals surface area contributed by atoms with Crippen LogP contribution in [0.4, 0.5) is 0 Å². The van der Waals surface area contributed by atoms with Gasteiger partial charge in [0.15, 0.2) is 0 Å². The predicted molar refractivity (Wildman–Crippen MR) is 133 cm³/mol. The van der Waals surface area contributed by atoms with Gasteiger partial charge < -0.3 is 9.47 Å². The Morgan fingerprint density at radius 1 is 0.912 bits per heavy atom. The van der Waals surface area contributed by atoms with Crippen molar-refractivity contribution in [3.05, 3.63) is 93.5 Å². The van der Waals surface area contributed by atoms with Crippen molar-refractivity contribution < 1.29 is 22.7 Å². The van der Waals surface area contributed by atoms with Crippen molar-refractivity contribution in [2.45, 2.75) is 45.6 Å². The molecule has 0 atom stereocenters. The van der Waals surface area contributed by atoms with E-state index in [0.29, 0.717) is 24.2 Å².